The fraction of sp³-hybridized carbons (Fsp3) is 0.529. The molecule has 4 nitrogen and oxygen atoms in total. The Morgan fingerprint density at radius 3 is 2.67 bits per heavy atom. The van der Waals surface area contributed by atoms with Crippen molar-refractivity contribution < 1.29 is 14.7 Å². The fourth-order valence-corrected chi connectivity index (χ4v) is 3.73. The van der Waals surface area contributed by atoms with Crippen LogP contribution in [0.1, 0.15) is 43.2 Å². The van der Waals surface area contributed by atoms with Gasteiger partial charge in [-0.2, -0.15) is 0 Å². The summed E-state index contributed by atoms with van der Waals surface area (Å²) in [6, 6.07) is 7.58. The van der Waals surface area contributed by atoms with Gasteiger partial charge in [0.2, 0.25) is 5.91 Å². The lowest BCUT2D eigenvalue weighted by Crippen LogP contribution is -2.43. The van der Waals surface area contributed by atoms with Crippen LogP contribution in [0.15, 0.2) is 24.3 Å². The third-order valence-corrected chi connectivity index (χ3v) is 4.98. The van der Waals surface area contributed by atoms with Crippen LogP contribution in [-0.4, -0.2) is 28.4 Å². The fourth-order valence-electron chi connectivity index (χ4n) is 3.73. The molecule has 0 radical (unpaired) electrons. The first-order valence-corrected chi connectivity index (χ1v) is 7.67. The third kappa shape index (κ3) is 2.55. The van der Waals surface area contributed by atoms with Crippen molar-refractivity contribution in [1.29, 1.82) is 0 Å². The highest BCUT2D eigenvalue weighted by atomic mass is 16.4. The number of carbonyl (C=O) groups excluding carboxylic acids is 1. The number of hydrogen-bond acceptors (Lipinski definition) is 2. The molecule has 1 N–H and O–H groups in total. The summed E-state index contributed by atoms with van der Waals surface area (Å²) in [5, 5.41) is 9.46. The van der Waals surface area contributed by atoms with E-state index in [0.29, 0.717) is 19.0 Å². The van der Waals surface area contributed by atoms with E-state index in [1.807, 2.05) is 24.3 Å². The predicted molar refractivity (Wildman–Crippen MR) is 78.7 cm³/mol. The molecule has 1 heterocycles. The van der Waals surface area contributed by atoms with E-state index in [-0.39, 0.29) is 11.8 Å². The molecule has 1 amide bonds. The van der Waals surface area contributed by atoms with E-state index >= 15 is 0 Å². The number of benzene rings is 1. The summed E-state index contributed by atoms with van der Waals surface area (Å²) in [5.74, 6) is -0.821. The molecule has 0 aromatic heterocycles. The molecule has 1 aromatic rings. The normalized spacial score (nSPS) is 28.2. The zero-order valence-corrected chi connectivity index (χ0v) is 12.3. The topological polar surface area (TPSA) is 57.6 Å². The minimum Gasteiger partial charge on any atom is -0.481 e. The first-order chi connectivity index (χ1) is 10.1. The lowest BCUT2D eigenvalue weighted by molar-refractivity contribution is -0.143. The summed E-state index contributed by atoms with van der Waals surface area (Å²) in [6.45, 7) is 2.97. The number of rotatable bonds is 2. The average molecular weight is 287 g/mol. The molecular formula is C17H21NO3. The lowest BCUT2D eigenvalue weighted by atomic mass is 9.88. The zero-order chi connectivity index (χ0) is 15.0. The predicted octanol–water partition coefficient (Wildman–Crippen LogP) is 2.63. The maximum Gasteiger partial charge on any atom is 0.312 e. The van der Waals surface area contributed by atoms with E-state index in [2.05, 4.69) is 6.92 Å². The number of amides is 1. The van der Waals surface area contributed by atoms with Crippen molar-refractivity contribution in [2.24, 2.45) is 11.8 Å². The van der Waals surface area contributed by atoms with Gasteiger partial charge in [0.05, 0.1) is 5.92 Å². The molecule has 3 unspecified atom stereocenters. The van der Waals surface area contributed by atoms with Crippen LogP contribution in [0, 0.1) is 11.8 Å². The largest absolute Gasteiger partial charge is 0.481 e. The Hall–Kier alpha value is -1.84. The zero-order valence-electron chi connectivity index (χ0n) is 12.3. The van der Waals surface area contributed by atoms with Crippen LogP contribution in [0.3, 0.4) is 0 Å². The van der Waals surface area contributed by atoms with Crippen molar-refractivity contribution in [3.05, 3.63) is 35.4 Å². The van der Waals surface area contributed by atoms with E-state index in [9.17, 15) is 14.7 Å². The smallest absolute Gasteiger partial charge is 0.312 e. The molecule has 21 heavy (non-hydrogen) atoms. The van der Waals surface area contributed by atoms with Crippen molar-refractivity contribution >= 4 is 11.9 Å². The Morgan fingerprint density at radius 1 is 1.24 bits per heavy atom. The van der Waals surface area contributed by atoms with Gasteiger partial charge in [0.1, 0.15) is 0 Å². The van der Waals surface area contributed by atoms with Crippen LogP contribution in [0.2, 0.25) is 0 Å². The second kappa shape index (κ2) is 5.51. The maximum absolute atomic E-state index is 12.7. The summed E-state index contributed by atoms with van der Waals surface area (Å²) < 4.78 is 0. The van der Waals surface area contributed by atoms with Crippen molar-refractivity contribution in [2.45, 2.75) is 38.6 Å². The van der Waals surface area contributed by atoms with E-state index in [1.165, 1.54) is 0 Å². The van der Waals surface area contributed by atoms with Crippen molar-refractivity contribution in [2.75, 3.05) is 6.54 Å². The summed E-state index contributed by atoms with van der Waals surface area (Å²) in [5.41, 5.74) is 1.82. The molecule has 1 saturated carbocycles. The third-order valence-electron chi connectivity index (χ3n) is 4.98. The van der Waals surface area contributed by atoms with Gasteiger partial charge >= 0.3 is 5.97 Å². The van der Waals surface area contributed by atoms with Crippen LogP contribution in [0.5, 0.6) is 0 Å². The van der Waals surface area contributed by atoms with Gasteiger partial charge in [-0.05, 0) is 29.9 Å². The minimum atomic E-state index is -0.848. The quantitative estimate of drug-likeness (QED) is 0.909. The molecular weight excluding hydrogens is 266 g/mol. The molecule has 1 fully saturated rings. The lowest BCUT2D eigenvalue weighted by Gasteiger charge is -2.35. The highest BCUT2D eigenvalue weighted by Crippen LogP contribution is 2.35. The van der Waals surface area contributed by atoms with Gasteiger partial charge in [-0.3, -0.25) is 9.59 Å². The Morgan fingerprint density at radius 2 is 2.00 bits per heavy atom. The summed E-state index contributed by atoms with van der Waals surface area (Å²) >= 11 is 0. The molecule has 2 aliphatic rings. The van der Waals surface area contributed by atoms with Gasteiger partial charge in [0, 0.05) is 19.0 Å². The first kappa shape index (κ1) is 14.1. The number of carbonyl (C=O) groups is 2. The van der Waals surface area contributed by atoms with E-state index in [1.54, 1.807) is 4.90 Å². The Bertz CT molecular complexity index is 569. The monoisotopic (exact) mass is 287 g/mol. The van der Waals surface area contributed by atoms with Crippen LogP contribution in [0.4, 0.5) is 0 Å². The highest BCUT2D eigenvalue weighted by Gasteiger charge is 2.37. The van der Waals surface area contributed by atoms with Gasteiger partial charge in [-0.25, -0.2) is 0 Å². The number of aliphatic carboxylic acids is 1. The molecule has 1 aromatic carbocycles. The SMILES string of the molecule is CC1CCCC1C(=O)N1Cc2ccccc2C(C(=O)O)C1. The van der Waals surface area contributed by atoms with Gasteiger partial charge < -0.3 is 10.0 Å². The first-order valence-electron chi connectivity index (χ1n) is 7.67. The summed E-state index contributed by atoms with van der Waals surface area (Å²) in [6.07, 6.45) is 3.14. The van der Waals surface area contributed by atoms with Gasteiger partial charge in [-0.15, -0.1) is 0 Å². The highest BCUT2D eigenvalue weighted by molar-refractivity contribution is 5.83. The molecule has 3 rings (SSSR count). The van der Waals surface area contributed by atoms with E-state index < -0.39 is 11.9 Å². The minimum absolute atomic E-state index is 0.0738. The van der Waals surface area contributed by atoms with Crippen LogP contribution in [0.25, 0.3) is 0 Å². The number of nitrogens with zero attached hydrogens (tertiary/aromatic N) is 1. The van der Waals surface area contributed by atoms with E-state index in [0.717, 1.165) is 30.4 Å². The number of fused-ring (bicyclic) bond motifs is 1. The molecule has 1 aliphatic carbocycles. The summed E-state index contributed by atoms with van der Waals surface area (Å²) in [4.78, 5) is 26.0. The second-order valence-corrected chi connectivity index (χ2v) is 6.32. The van der Waals surface area contributed by atoms with Gasteiger partial charge in [-0.1, -0.05) is 37.6 Å². The van der Waals surface area contributed by atoms with Crippen LogP contribution < -0.4 is 0 Å². The number of hydrogen-bond donors (Lipinski definition) is 1. The van der Waals surface area contributed by atoms with Crippen molar-refractivity contribution in [3.8, 4) is 0 Å². The molecule has 0 saturated heterocycles. The van der Waals surface area contributed by atoms with Gasteiger partial charge in [0.25, 0.3) is 0 Å². The Labute approximate surface area is 124 Å². The number of carboxylic acid groups (broad SMARTS) is 1. The Kier molecular flexibility index (Phi) is 3.70. The molecule has 112 valence electrons. The van der Waals surface area contributed by atoms with Crippen LogP contribution in [-0.2, 0) is 16.1 Å². The van der Waals surface area contributed by atoms with Gasteiger partial charge in [0.15, 0.2) is 0 Å². The molecule has 0 bridgehead atoms. The number of carboxylic acids is 1. The van der Waals surface area contributed by atoms with Crippen LogP contribution >= 0.6 is 0 Å². The molecule has 1 aliphatic heterocycles. The Balaban J connectivity index is 1.86. The average Bonchev–Trinajstić information content (AvgIpc) is 2.91. The maximum atomic E-state index is 12.7. The molecule has 3 atom stereocenters. The van der Waals surface area contributed by atoms with E-state index in [4.69, 9.17) is 0 Å². The molecule has 4 heteroatoms. The van der Waals surface area contributed by atoms with Crippen molar-refractivity contribution in [1.82, 2.24) is 4.90 Å². The summed E-state index contributed by atoms with van der Waals surface area (Å²) in [7, 11) is 0. The van der Waals surface area contributed by atoms with Crippen molar-refractivity contribution in [3.63, 3.8) is 0 Å². The standard InChI is InChI=1S/C17H21NO3/c1-11-5-4-8-13(11)16(19)18-9-12-6-2-3-7-14(12)15(10-18)17(20)21/h2-3,6-7,11,13,15H,4-5,8-10H2,1H3,(H,20,21). The second-order valence-electron chi connectivity index (χ2n) is 6.32. The molecule has 0 spiro atoms.